The van der Waals surface area contributed by atoms with Crippen LogP contribution in [-0.2, 0) is 13.0 Å². The number of H-pyrrole nitrogens is 1. The van der Waals surface area contributed by atoms with Crippen molar-refractivity contribution in [1.29, 1.82) is 0 Å². The van der Waals surface area contributed by atoms with E-state index < -0.39 is 35.0 Å². The molecule has 11 heteroatoms. The topological polar surface area (TPSA) is 54.9 Å². The summed E-state index contributed by atoms with van der Waals surface area (Å²) in [5.41, 5.74) is -5.10. The molecule has 0 spiro atoms. The van der Waals surface area contributed by atoms with Gasteiger partial charge in [-0.1, -0.05) is 0 Å². The fraction of sp³-hybridized carbons (Fsp3) is 0.500. The number of hydrogen-bond acceptors (Lipinski definition) is 2. The maximum atomic E-state index is 13.1. The molecule has 0 aromatic carbocycles. The highest BCUT2D eigenvalue weighted by Gasteiger charge is 2.74. The average molecular weight is 294 g/mol. The number of nitrogens with zero attached hydrogens (tertiary/aromatic N) is 1. The van der Waals surface area contributed by atoms with E-state index in [9.17, 15) is 40.3 Å². The van der Waals surface area contributed by atoms with Crippen molar-refractivity contribution in [2.45, 2.75) is 18.0 Å². The molecule has 1 heterocycles. The Hall–Kier alpha value is -1.81. The van der Waals surface area contributed by atoms with Gasteiger partial charge in [-0.15, -0.1) is 0 Å². The zero-order valence-corrected chi connectivity index (χ0v) is 8.99. The molecule has 0 radical (unpaired) electrons. The minimum absolute atomic E-state index is 0.193. The molecule has 0 unspecified atom stereocenters. The van der Waals surface area contributed by atoms with Crippen LogP contribution in [0.3, 0.4) is 0 Å². The lowest BCUT2D eigenvalue weighted by Gasteiger charge is -2.27. The number of halogens is 7. The van der Waals surface area contributed by atoms with E-state index in [4.69, 9.17) is 0 Å². The Bertz CT molecular complexity index is 567. The minimum atomic E-state index is -6.55. The first-order valence-corrected chi connectivity index (χ1v) is 4.45. The molecule has 0 atom stereocenters. The molecule has 0 aliphatic heterocycles. The van der Waals surface area contributed by atoms with Crippen molar-refractivity contribution in [1.82, 2.24) is 9.55 Å². The molecule has 4 nitrogen and oxygen atoms in total. The predicted molar refractivity (Wildman–Crippen MR) is 47.2 cm³/mol. The van der Waals surface area contributed by atoms with Gasteiger partial charge in [-0.2, -0.15) is 30.7 Å². The number of aromatic amines is 1. The maximum absolute atomic E-state index is 13.1. The molecular formula is C8H5F7N2O2. The first-order chi connectivity index (χ1) is 8.32. The Morgan fingerprint density at radius 2 is 1.53 bits per heavy atom. The molecule has 0 fully saturated rings. The third-order valence-corrected chi connectivity index (χ3v) is 2.23. The Labute approximate surface area is 99.0 Å². The molecule has 0 saturated heterocycles. The number of rotatable bonds is 2. The van der Waals surface area contributed by atoms with Gasteiger partial charge in [0.05, 0.1) is 0 Å². The molecule has 1 rings (SSSR count). The summed E-state index contributed by atoms with van der Waals surface area (Å²) in [4.78, 5) is 23.0. The van der Waals surface area contributed by atoms with Gasteiger partial charge < -0.3 is 4.98 Å². The highest BCUT2D eigenvalue weighted by Crippen LogP contribution is 2.50. The third-order valence-electron chi connectivity index (χ3n) is 2.23. The first-order valence-electron chi connectivity index (χ1n) is 4.45. The van der Waals surface area contributed by atoms with Crippen molar-refractivity contribution in [2.75, 3.05) is 0 Å². The van der Waals surface area contributed by atoms with Crippen LogP contribution in [0.25, 0.3) is 0 Å². The van der Waals surface area contributed by atoms with Crippen LogP contribution >= 0.6 is 0 Å². The van der Waals surface area contributed by atoms with E-state index in [0.717, 1.165) is 12.0 Å². The van der Waals surface area contributed by atoms with E-state index in [1.54, 1.807) is 0 Å². The Balaban J connectivity index is 3.53. The van der Waals surface area contributed by atoms with Crippen molar-refractivity contribution in [3.05, 3.63) is 32.6 Å². The fourth-order valence-electron chi connectivity index (χ4n) is 1.07. The van der Waals surface area contributed by atoms with Gasteiger partial charge in [0.15, 0.2) is 0 Å². The SMILES string of the molecule is Cn1c(=O)cc(C(F)(F)C(F)(F)C(F)(F)F)[nH]c1=O. The largest absolute Gasteiger partial charge is 0.460 e. The van der Waals surface area contributed by atoms with Crippen molar-refractivity contribution in [2.24, 2.45) is 7.05 Å². The monoisotopic (exact) mass is 294 g/mol. The quantitative estimate of drug-likeness (QED) is 0.837. The van der Waals surface area contributed by atoms with E-state index in [1.165, 1.54) is 0 Å². The summed E-state index contributed by atoms with van der Waals surface area (Å²) in [6.45, 7) is 0. The van der Waals surface area contributed by atoms with Crippen molar-refractivity contribution in [3.8, 4) is 0 Å². The van der Waals surface area contributed by atoms with Crippen molar-refractivity contribution < 1.29 is 30.7 Å². The van der Waals surface area contributed by atoms with E-state index >= 15 is 0 Å². The first kappa shape index (κ1) is 15.2. The molecular weight excluding hydrogens is 289 g/mol. The van der Waals surface area contributed by atoms with Crippen LogP contribution in [0, 0.1) is 0 Å². The van der Waals surface area contributed by atoms with Gasteiger partial charge >= 0.3 is 23.7 Å². The average Bonchev–Trinajstić information content (AvgIpc) is 2.23. The van der Waals surface area contributed by atoms with Crippen molar-refractivity contribution in [3.63, 3.8) is 0 Å². The molecule has 1 N–H and O–H groups in total. The maximum Gasteiger partial charge on any atom is 0.460 e. The Kier molecular flexibility index (Phi) is 3.29. The lowest BCUT2D eigenvalue weighted by atomic mass is 10.1. The van der Waals surface area contributed by atoms with Gasteiger partial charge in [0.1, 0.15) is 5.69 Å². The third kappa shape index (κ3) is 2.24. The summed E-state index contributed by atoms with van der Waals surface area (Å²) in [7, 11) is 0.824. The molecule has 19 heavy (non-hydrogen) atoms. The molecule has 0 aliphatic carbocycles. The van der Waals surface area contributed by atoms with Crippen LogP contribution in [0.15, 0.2) is 15.7 Å². The lowest BCUT2D eigenvalue weighted by molar-refractivity contribution is -0.360. The zero-order chi connectivity index (χ0) is 15.2. The fourth-order valence-corrected chi connectivity index (χ4v) is 1.07. The van der Waals surface area contributed by atoms with Gasteiger partial charge in [0.25, 0.3) is 5.56 Å². The summed E-state index contributed by atoms with van der Waals surface area (Å²) >= 11 is 0. The Morgan fingerprint density at radius 1 is 1.05 bits per heavy atom. The van der Waals surface area contributed by atoms with E-state index in [2.05, 4.69) is 0 Å². The van der Waals surface area contributed by atoms with Crippen LogP contribution in [0.4, 0.5) is 30.7 Å². The van der Waals surface area contributed by atoms with Gasteiger partial charge in [0, 0.05) is 13.1 Å². The standard InChI is InChI=1S/C8H5F7N2O2/c1-17-4(18)2-3(16-5(17)19)6(9,10)7(11,12)8(13,14)15/h2H,1H3,(H,16,19). The second kappa shape index (κ2) is 4.10. The molecule has 0 bridgehead atoms. The van der Waals surface area contributed by atoms with E-state index in [-0.39, 0.29) is 10.6 Å². The summed E-state index contributed by atoms with van der Waals surface area (Å²) in [6.07, 6.45) is -6.55. The summed E-state index contributed by atoms with van der Waals surface area (Å²) in [6, 6.07) is -0.193. The molecule has 1 aromatic rings. The molecule has 0 saturated carbocycles. The number of hydrogen-bond donors (Lipinski definition) is 1. The van der Waals surface area contributed by atoms with Crippen molar-refractivity contribution >= 4 is 0 Å². The van der Waals surface area contributed by atoms with Crippen LogP contribution in [0.2, 0.25) is 0 Å². The Morgan fingerprint density at radius 3 is 1.89 bits per heavy atom. The normalized spacial score (nSPS) is 13.7. The van der Waals surface area contributed by atoms with Gasteiger partial charge in [-0.05, 0) is 0 Å². The second-order valence-corrected chi connectivity index (χ2v) is 3.53. The minimum Gasteiger partial charge on any atom is -0.305 e. The summed E-state index contributed by atoms with van der Waals surface area (Å²) in [5, 5.41) is 0. The zero-order valence-electron chi connectivity index (χ0n) is 8.99. The van der Waals surface area contributed by atoms with Crippen LogP contribution in [-0.4, -0.2) is 21.6 Å². The second-order valence-electron chi connectivity index (χ2n) is 3.53. The number of alkyl halides is 7. The molecule has 1 aromatic heterocycles. The van der Waals surface area contributed by atoms with Crippen LogP contribution in [0.5, 0.6) is 0 Å². The van der Waals surface area contributed by atoms with E-state index in [0.29, 0.717) is 0 Å². The summed E-state index contributed by atoms with van der Waals surface area (Å²) in [5.74, 6) is -12.2. The number of nitrogens with one attached hydrogen (secondary N) is 1. The lowest BCUT2D eigenvalue weighted by Crippen LogP contribution is -2.51. The highest BCUT2D eigenvalue weighted by atomic mass is 19.4. The molecule has 0 aliphatic rings. The van der Waals surface area contributed by atoms with E-state index in [1.807, 2.05) is 0 Å². The molecule has 108 valence electrons. The number of aromatic nitrogens is 2. The van der Waals surface area contributed by atoms with Gasteiger partial charge in [-0.3, -0.25) is 9.36 Å². The van der Waals surface area contributed by atoms with Gasteiger partial charge in [-0.25, -0.2) is 4.79 Å². The van der Waals surface area contributed by atoms with Crippen LogP contribution < -0.4 is 11.2 Å². The van der Waals surface area contributed by atoms with Crippen LogP contribution in [0.1, 0.15) is 5.69 Å². The van der Waals surface area contributed by atoms with Gasteiger partial charge in [0.2, 0.25) is 0 Å². The highest BCUT2D eigenvalue weighted by molar-refractivity contribution is 5.13. The predicted octanol–water partition coefficient (Wildman–Crippen LogP) is 1.36. The smallest absolute Gasteiger partial charge is 0.305 e. The molecule has 0 amide bonds. The summed E-state index contributed by atoms with van der Waals surface area (Å²) < 4.78 is 87.5.